The van der Waals surface area contributed by atoms with E-state index in [-0.39, 0.29) is 12.3 Å². The van der Waals surface area contributed by atoms with Gasteiger partial charge in [0, 0.05) is 4.47 Å². The van der Waals surface area contributed by atoms with Crippen molar-refractivity contribution in [3.05, 3.63) is 33.8 Å². The molecule has 0 spiro atoms. The summed E-state index contributed by atoms with van der Waals surface area (Å²) in [5.74, 6) is -0.491. The zero-order valence-electron chi connectivity index (χ0n) is 8.37. The van der Waals surface area contributed by atoms with E-state index in [1.165, 1.54) is 11.1 Å². The lowest BCUT2D eigenvalue weighted by Crippen LogP contribution is -2.13. The molecule has 0 radical (unpaired) electrons. The maximum Gasteiger partial charge on any atom is 0.303 e. The third-order valence-corrected chi connectivity index (χ3v) is 3.46. The number of aliphatic carboxylic acids is 1. The zero-order valence-corrected chi connectivity index (χ0v) is 9.96. The number of carbonyl (C=O) groups is 1. The Morgan fingerprint density at radius 1 is 1.53 bits per heavy atom. The van der Waals surface area contributed by atoms with Crippen molar-refractivity contribution in [2.24, 2.45) is 0 Å². The first-order valence-electron chi connectivity index (χ1n) is 5.17. The molecule has 0 bridgehead atoms. The van der Waals surface area contributed by atoms with E-state index in [0.717, 1.165) is 23.7 Å². The molecule has 1 atom stereocenters. The van der Waals surface area contributed by atoms with Crippen molar-refractivity contribution in [1.82, 2.24) is 0 Å². The Balaban J connectivity index is 2.30. The number of carboxylic acid groups (broad SMARTS) is 1. The molecule has 0 aromatic heterocycles. The minimum atomic E-state index is -0.698. The predicted octanol–water partition coefficient (Wildman–Crippen LogP) is 3.34. The van der Waals surface area contributed by atoms with E-state index in [1.54, 1.807) is 0 Å². The minimum absolute atomic E-state index is 0.208. The van der Waals surface area contributed by atoms with Gasteiger partial charge in [-0.25, -0.2) is 0 Å². The lowest BCUT2D eigenvalue weighted by atomic mass is 9.81. The van der Waals surface area contributed by atoms with Crippen LogP contribution in [0.5, 0.6) is 0 Å². The van der Waals surface area contributed by atoms with Gasteiger partial charge in [0.05, 0.1) is 6.42 Å². The lowest BCUT2D eigenvalue weighted by molar-refractivity contribution is -0.137. The van der Waals surface area contributed by atoms with Crippen LogP contribution < -0.4 is 0 Å². The Bertz CT molecular complexity index is 387. The fourth-order valence-electron chi connectivity index (χ4n) is 2.31. The molecule has 15 heavy (non-hydrogen) atoms. The Labute approximate surface area is 97.4 Å². The molecular formula is C12H13BrO2. The molecular weight excluding hydrogens is 256 g/mol. The van der Waals surface area contributed by atoms with Crippen LogP contribution in [-0.4, -0.2) is 11.1 Å². The van der Waals surface area contributed by atoms with Crippen LogP contribution in [0.1, 0.15) is 36.3 Å². The quantitative estimate of drug-likeness (QED) is 0.894. The van der Waals surface area contributed by atoms with E-state index in [2.05, 4.69) is 28.1 Å². The second kappa shape index (κ2) is 4.35. The average molecular weight is 269 g/mol. The zero-order chi connectivity index (χ0) is 10.8. The number of aryl methyl sites for hydroxylation is 1. The number of fused-ring (bicyclic) bond motifs is 1. The summed E-state index contributed by atoms with van der Waals surface area (Å²) >= 11 is 3.44. The summed E-state index contributed by atoms with van der Waals surface area (Å²) in [4.78, 5) is 10.7. The molecule has 3 heteroatoms. The van der Waals surface area contributed by atoms with Crippen LogP contribution in [0.15, 0.2) is 22.7 Å². The van der Waals surface area contributed by atoms with Crippen molar-refractivity contribution in [3.8, 4) is 0 Å². The van der Waals surface area contributed by atoms with Gasteiger partial charge < -0.3 is 5.11 Å². The van der Waals surface area contributed by atoms with Crippen LogP contribution in [0.4, 0.5) is 0 Å². The summed E-state index contributed by atoms with van der Waals surface area (Å²) in [5.41, 5.74) is 2.54. The average Bonchev–Trinajstić information content (AvgIpc) is 2.16. The topological polar surface area (TPSA) is 37.3 Å². The van der Waals surface area contributed by atoms with Gasteiger partial charge in [-0.05, 0) is 48.4 Å². The SMILES string of the molecule is O=C(O)CC1CCCc2cc(Br)ccc21. The Hall–Kier alpha value is -0.830. The van der Waals surface area contributed by atoms with Gasteiger partial charge in [0.25, 0.3) is 0 Å². The molecule has 0 amide bonds. The summed E-state index contributed by atoms with van der Waals surface area (Å²) < 4.78 is 1.08. The smallest absolute Gasteiger partial charge is 0.303 e. The molecule has 1 aromatic rings. The van der Waals surface area contributed by atoms with Gasteiger partial charge in [0.2, 0.25) is 0 Å². The van der Waals surface area contributed by atoms with E-state index in [1.807, 2.05) is 6.07 Å². The fraction of sp³-hybridized carbons (Fsp3) is 0.417. The number of hydrogen-bond donors (Lipinski definition) is 1. The summed E-state index contributed by atoms with van der Waals surface area (Å²) in [5, 5.41) is 8.84. The van der Waals surface area contributed by atoms with Gasteiger partial charge in [0.15, 0.2) is 0 Å². The molecule has 2 nitrogen and oxygen atoms in total. The Morgan fingerprint density at radius 3 is 3.07 bits per heavy atom. The highest BCUT2D eigenvalue weighted by Gasteiger charge is 2.22. The summed E-state index contributed by atoms with van der Waals surface area (Å²) in [6.07, 6.45) is 3.43. The third kappa shape index (κ3) is 2.40. The van der Waals surface area contributed by atoms with Crippen LogP contribution in [0, 0.1) is 0 Å². The molecule has 1 aliphatic rings. The molecule has 1 aliphatic carbocycles. The maximum atomic E-state index is 10.7. The van der Waals surface area contributed by atoms with E-state index in [0.29, 0.717) is 0 Å². The molecule has 2 rings (SSSR count). The second-order valence-corrected chi connectivity index (χ2v) is 4.95. The van der Waals surface area contributed by atoms with Gasteiger partial charge >= 0.3 is 5.97 Å². The van der Waals surface area contributed by atoms with Gasteiger partial charge in [0.1, 0.15) is 0 Å². The van der Waals surface area contributed by atoms with Crippen LogP contribution in [0.2, 0.25) is 0 Å². The Morgan fingerprint density at radius 2 is 2.33 bits per heavy atom. The number of hydrogen-bond acceptors (Lipinski definition) is 1. The largest absolute Gasteiger partial charge is 0.481 e. The van der Waals surface area contributed by atoms with Crippen molar-refractivity contribution < 1.29 is 9.90 Å². The van der Waals surface area contributed by atoms with Crippen LogP contribution in [-0.2, 0) is 11.2 Å². The highest BCUT2D eigenvalue weighted by molar-refractivity contribution is 9.10. The fourth-order valence-corrected chi connectivity index (χ4v) is 2.71. The number of halogens is 1. The second-order valence-electron chi connectivity index (χ2n) is 4.03. The predicted molar refractivity (Wildman–Crippen MR) is 62.1 cm³/mol. The van der Waals surface area contributed by atoms with Crippen molar-refractivity contribution in [2.75, 3.05) is 0 Å². The molecule has 0 fully saturated rings. The monoisotopic (exact) mass is 268 g/mol. The molecule has 0 aliphatic heterocycles. The lowest BCUT2D eigenvalue weighted by Gasteiger charge is -2.24. The minimum Gasteiger partial charge on any atom is -0.481 e. The van der Waals surface area contributed by atoms with Crippen molar-refractivity contribution in [2.45, 2.75) is 31.6 Å². The van der Waals surface area contributed by atoms with Gasteiger partial charge in [-0.15, -0.1) is 0 Å². The summed E-state index contributed by atoms with van der Waals surface area (Å²) in [7, 11) is 0. The number of rotatable bonds is 2. The van der Waals surface area contributed by atoms with E-state index in [4.69, 9.17) is 5.11 Å². The summed E-state index contributed by atoms with van der Waals surface area (Å²) in [6, 6.07) is 6.18. The normalized spacial score (nSPS) is 19.7. The number of carboxylic acids is 1. The first-order valence-corrected chi connectivity index (χ1v) is 5.96. The van der Waals surface area contributed by atoms with Gasteiger partial charge in [-0.3, -0.25) is 4.79 Å². The standard InChI is InChI=1S/C12H13BrO2/c13-10-4-5-11-8(6-10)2-1-3-9(11)7-12(14)15/h4-6,9H,1-3,7H2,(H,14,15). The molecule has 1 aromatic carbocycles. The van der Waals surface area contributed by atoms with E-state index in [9.17, 15) is 4.79 Å². The van der Waals surface area contributed by atoms with Crippen molar-refractivity contribution in [1.29, 1.82) is 0 Å². The van der Waals surface area contributed by atoms with Crippen LogP contribution in [0.25, 0.3) is 0 Å². The first-order chi connectivity index (χ1) is 7.16. The molecule has 0 saturated carbocycles. The highest BCUT2D eigenvalue weighted by Crippen LogP contribution is 2.35. The van der Waals surface area contributed by atoms with Gasteiger partial charge in [-0.2, -0.15) is 0 Å². The molecule has 0 saturated heterocycles. The molecule has 0 heterocycles. The van der Waals surface area contributed by atoms with Gasteiger partial charge in [-0.1, -0.05) is 22.0 Å². The molecule has 1 N–H and O–H groups in total. The van der Waals surface area contributed by atoms with Crippen LogP contribution >= 0.6 is 15.9 Å². The molecule has 80 valence electrons. The van der Waals surface area contributed by atoms with E-state index < -0.39 is 5.97 Å². The van der Waals surface area contributed by atoms with Crippen molar-refractivity contribution >= 4 is 21.9 Å². The Kier molecular flexibility index (Phi) is 3.10. The number of benzene rings is 1. The summed E-state index contributed by atoms with van der Waals surface area (Å²) in [6.45, 7) is 0. The maximum absolute atomic E-state index is 10.7. The first kappa shape index (κ1) is 10.7. The van der Waals surface area contributed by atoms with E-state index >= 15 is 0 Å². The van der Waals surface area contributed by atoms with Crippen molar-refractivity contribution in [3.63, 3.8) is 0 Å². The molecule has 1 unspecified atom stereocenters. The highest BCUT2D eigenvalue weighted by atomic mass is 79.9. The third-order valence-electron chi connectivity index (χ3n) is 2.96. The van der Waals surface area contributed by atoms with Crippen LogP contribution in [0.3, 0.4) is 0 Å².